The minimum Gasteiger partial charge on any atom is -0.383 e. The van der Waals surface area contributed by atoms with E-state index in [0.717, 1.165) is 18.7 Å². The van der Waals surface area contributed by atoms with Crippen molar-refractivity contribution in [2.75, 3.05) is 11.9 Å². The molecule has 4 heteroatoms. The van der Waals surface area contributed by atoms with Crippen LogP contribution in [0.4, 0.5) is 5.69 Å². The van der Waals surface area contributed by atoms with Crippen LogP contribution < -0.4 is 10.9 Å². The number of aromatic amines is 1. The van der Waals surface area contributed by atoms with Crippen molar-refractivity contribution in [3.8, 4) is 0 Å². The van der Waals surface area contributed by atoms with Crippen molar-refractivity contribution in [3.05, 3.63) is 22.6 Å². The average molecular weight is 195 g/mol. The maximum atomic E-state index is 10.9. The van der Waals surface area contributed by atoms with Gasteiger partial charge in [0.05, 0.1) is 11.9 Å². The van der Waals surface area contributed by atoms with Gasteiger partial charge in [-0.05, 0) is 11.8 Å². The number of aromatic nitrogens is 2. The Morgan fingerprint density at radius 1 is 1.57 bits per heavy atom. The van der Waals surface area contributed by atoms with Crippen LogP contribution >= 0.6 is 0 Å². The van der Waals surface area contributed by atoms with E-state index in [1.165, 1.54) is 6.07 Å². The third-order valence-electron chi connectivity index (χ3n) is 2.39. The van der Waals surface area contributed by atoms with Gasteiger partial charge in [-0.1, -0.05) is 20.8 Å². The summed E-state index contributed by atoms with van der Waals surface area (Å²) in [6, 6.07) is 1.51. The number of nitrogens with zero attached hydrogens (tertiary/aromatic N) is 1. The largest absolute Gasteiger partial charge is 0.383 e. The lowest BCUT2D eigenvalue weighted by molar-refractivity contribution is 0.377. The normalized spacial score (nSPS) is 11.4. The van der Waals surface area contributed by atoms with E-state index in [2.05, 4.69) is 36.3 Å². The molecule has 0 aliphatic heterocycles. The molecule has 0 radical (unpaired) electrons. The van der Waals surface area contributed by atoms with Crippen molar-refractivity contribution < 1.29 is 0 Å². The maximum Gasteiger partial charge on any atom is 0.266 e. The van der Waals surface area contributed by atoms with Crippen LogP contribution in [-0.4, -0.2) is 16.7 Å². The van der Waals surface area contributed by atoms with Crippen molar-refractivity contribution >= 4 is 5.69 Å². The topological polar surface area (TPSA) is 57.8 Å². The zero-order valence-corrected chi connectivity index (χ0v) is 8.92. The van der Waals surface area contributed by atoms with E-state index in [-0.39, 0.29) is 11.0 Å². The molecule has 2 N–H and O–H groups in total. The van der Waals surface area contributed by atoms with Gasteiger partial charge >= 0.3 is 0 Å². The molecule has 0 aromatic carbocycles. The molecule has 1 rings (SSSR count). The van der Waals surface area contributed by atoms with E-state index in [0.29, 0.717) is 0 Å². The summed E-state index contributed by atoms with van der Waals surface area (Å²) in [5.41, 5.74) is 0.836. The average Bonchev–Trinajstić information content (AvgIpc) is 2.15. The molecule has 0 aliphatic carbocycles. The molecule has 0 fully saturated rings. The summed E-state index contributed by atoms with van der Waals surface area (Å²) in [7, 11) is 0. The lowest BCUT2D eigenvalue weighted by atomic mass is 9.90. The van der Waals surface area contributed by atoms with Gasteiger partial charge in [0.15, 0.2) is 0 Å². The number of nitrogens with one attached hydrogen (secondary N) is 2. The molecule has 0 amide bonds. The first kappa shape index (κ1) is 10.8. The minimum absolute atomic E-state index is 0.177. The second-order valence-corrected chi connectivity index (χ2v) is 4.21. The molecule has 0 saturated heterocycles. The third kappa shape index (κ3) is 3.20. The Hall–Kier alpha value is -1.32. The molecule has 0 unspecified atom stereocenters. The van der Waals surface area contributed by atoms with Crippen molar-refractivity contribution in [2.24, 2.45) is 5.41 Å². The monoisotopic (exact) mass is 195 g/mol. The van der Waals surface area contributed by atoms with Crippen LogP contribution in [0, 0.1) is 5.41 Å². The molecular formula is C10H17N3O. The zero-order valence-electron chi connectivity index (χ0n) is 8.92. The Morgan fingerprint density at radius 3 is 2.86 bits per heavy atom. The number of rotatable bonds is 4. The van der Waals surface area contributed by atoms with Crippen LogP contribution in [0.15, 0.2) is 17.1 Å². The van der Waals surface area contributed by atoms with Gasteiger partial charge in [0, 0.05) is 12.6 Å². The lowest BCUT2D eigenvalue weighted by Crippen LogP contribution is -2.22. The van der Waals surface area contributed by atoms with Crippen LogP contribution in [0.3, 0.4) is 0 Å². The first-order valence-corrected chi connectivity index (χ1v) is 4.82. The van der Waals surface area contributed by atoms with Gasteiger partial charge in [-0.15, -0.1) is 0 Å². The van der Waals surface area contributed by atoms with Crippen LogP contribution in [0.5, 0.6) is 0 Å². The van der Waals surface area contributed by atoms with Crippen molar-refractivity contribution in [2.45, 2.75) is 27.2 Å². The van der Waals surface area contributed by atoms with E-state index in [4.69, 9.17) is 0 Å². The Morgan fingerprint density at radius 2 is 2.29 bits per heavy atom. The fraction of sp³-hybridized carbons (Fsp3) is 0.600. The molecule has 0 aliphatic rings. The highest BCUT2D eigenvalue weighted by Gasteiger charge is 2.14. The molecule has 0 saturated carbocycles. The number of anilines is 1. The van der Waals surface area contributed by atoms with E-state index in [1.807, 2.05) is 0 Å². The number of hydrogen-bond donors (Lipinski definition) is 2. The molecule has 1 heterocycles. The Bertz CT molecular complexity index is 343. The first-order valence-electron chi connectivity index (χ1n) is 4.82. The number of H-pyrrole nitrogens is 1. The summed E-state index contributed by atoms with van der Waals surface area (Å²) < 4.78 is 0. The SMILES string of the molecule is CCC(C)(C)CNc1cn[nH]c(=O)c1. The summed E-state index contributed by atoms with van der Waals surface area (Å²) in [5, 5.41) is 9.24. The summed E-state index contributed by atoms with van der Waals surface area (Å²) >= 11 is 0. The molecular weight excluding hydrogens is 178 g/mol. The maximum absolute atomic E-state index is 10.9. The van der Waals surface area contributed by atoms with Crippen molar-refractivity contribution in [1.29, 1.82) is 0 Å². The van der Waals surface area contributed by atoms with Gasteiger partial charge < -0.3 is 5.32 Å². The highest BCUT2D eigenvalue weighted by Crippen LogP contribution is 2.19. The van der Waals surface area contributed by atoms with Crippen LogP contribution in [-0.2, 0) is 0 Å². The smallest absolute Gasteiger partial charge is 0.266 e. The minimum atomic E-state index is -0.177. The Labute approximate surface area is 83.7 Å². The molecule has 1 aromatic rings. The Balaban J connectivity index is 2.58. The van der Waals surface area contributed by atoms with E-state index < -0.39 is 0 Å². The molecule has 1 aromatic heterocycles. The summed E-state index contributed by atoms with van der Waals surface area (Å²) in [6.07, 6.45) is 2.71. The fourth-order valence-corrected chi connectivity index (χ4v) is 0.939. The van der Waals surface area contributed by atoms with E-state index in [1.54, 1.807) is 6.20 Å². The third-order valence-corrected chi connectivity index (χ3v) is 2.39. The van der Waals surface area contributed by atoms with Gasteiger partial charge in [0.1, 0.15) is 0 Å². The second kappa shape index (κ2) is 4.26. The molecule has 0 spiro atoms. The molecule has 0 atom stereocenters. The van der Waals surface area contributed by atoms with E-state index >= 15 is 0 Å². The highest BCUT2D eigenvalue weighted by molar-refractivity contribution is 5.38. The second-order valence-electron chi connectivity index (χ2n) is 4.21. The predicted molar refractivity (Wildman–Crippen MR) is 57.4 cm³/mol. The van der Waals surface area contributed by atoms with Crippen LogP contribution in [0.25, 0.3) is 0 Å². The quantitative estimate of drug-likeness (QED) is 0.767. The Kier molecular flexibility index (Phi) is 3.28. The number of hydrogen-bond acceptors (Lipinski definition) is 3. The first-order chi connectivity index (χ1) is 6.53. The fourth-order valence-electron chi connectivity index (χ4n) is 0.939. The van der Waals surface area contributed by atoms with Crippen LogP contribution in [0.2, 0.25) is 0 Å². The molecule has 4 nitrogen and oxygen atoms in total. The van der Waals surface area contributed by atoms with Crippen molar-refractivity contribution in [3.63, 3.8) is 0 Å². The summed E-state index contributed by atoms with van der Waals surface area (Å²) in [4.78, 5) is 10.9. The molecule has 0 bridgehead atoms. The van der Waals surface area contributed by atoms with Gasteiger partial charge in [-0.2, -0.15) is 5.10 Å². The summed E-state index contributed by atoms with van der Waals surface area (Å²) in [5.74, 6) is 0. The predicted octanol–water partition coefficient (Wildman–Crippen LogP) is 1.62. The van der Waals surface area contributed by atoms with Gasteiger partial charge in [-0.3, -0.25) is 4.79 Å². The lowest BCUT2D eigenvalue weighted by Gasteiger charge is -2.23. The van der Waals surface area contributed by atoms with Crippen LogP contribution in [0.1, 0.15) is 27.2 Å². The summed E-state index contributed by atoms with van der Waals surface area (Å²) in [6.45, 7) is 7.35. The molecule has 14 heavy (non-hydrogen) atoms. The zero-order chi connectivity index (χ0) is 10.6. The van der Waals surface area contributed by atoms with Gasteiger partial charge in [-0.25, -0.2) is 5.10 Å². The van der Waals surface area contributed by atoms with Crippen molar-refractivity contribution in [1.82, 2.24) is 10.2 Å². The van der Waals surface area contributed by atoms with Gasteiger partial charge in [0.25, 0.3) is 5.56 Å². The standard InChI is InChI=1S/C10H17N3O/c1-4-10(2,3)7-11-8-5-9(14)13-12-6-8/h5-6H,4,7H2,1-3H3,(H2,11,13,14). The molecule has 78 valence electrons. The van der Waals surface area contributed by atoms with Gasteiger partial charge in [0.2, 0.25) is 0 Å². The highest BCUT2D eigenvalue weighted by atomic mass is 16.1. The van der Waals surface area contributed by atoms with E-state index in [9.17, 15) is 4.79 Å².